The molecule has 5 nitrogen and oxygen atoms in total. The monoisotopic (exact) mass is 297 g/mol. The molecule has 2 rings (SSSR count). The van der Waals surface area contributed by atoms with Gasteiger partial charge in [-0.25, -0.2) is 0 Å². The van der Waals surface area contributed by atoms with Crippen molar-refractivity contribution in [3.05, 3.63) is 0 Å². The Labute approximate surface area is 128 Å². The molecule has 0 aromatic heterocycles. The maximum Gasteiger partial charge on any atom is 0.237 e. The molecule has 0 aromatic rings. The number of carbonyl (C=O) groups is 1. The van der Waals surface area contributed by atoms with Crippen molar-refractivity contribution >= 4 is 5.91 Å². The number of likely N-dealkylation sites (tertiary alicyclic amines) is 1. The van der Waals surface area contributed by atoms with Gasteiger partial charge in [-0.05, 0) is 45.6 Å². The number of aliphatic hydroxyl groups is 1. The van der Waals surface area contributed by atoms with Gasteiger partial charge in [0.05, 0.1) is 12.1 Å². The van der Waals surface area contributed by atoms with E-state index in [1.54, 1.807) is 0 Å². The molecule has 1 amide bonds. The molecule has 2 saturated heterocycles. The van der Waals surface area contributed by atoms with Crippen molar-refractivity contribution in [3.8, 4) is 0 Å². The van der Waals surface area contributed by atoms with Crippen LogP contribution >= 0.6 is 0 Å². The van der Waals surface area contributed by atoms with Crippen LogP contribution in [0.4, 0.5) is 0 Å². The Morgan fingerprint density at radius 3 is 2.86 bits per heavy atom. The molecular weight excluding hydrogens is 266 g/mol. The SMILES string of the molecule is CCC1CCCN(C(C)(C)CNC(=O)C2CC(O)CN2)C1. The fourth-order valence-electron chi connectivity index (χ4n) is 3.40. The van der Waals surface area contributed by atoms with E-state index in [2.05, 4.69) is 36.3 Å². The van der Waals surface area contributed by atoms with Crippen LogP contribution in [0.25, 0.3) is 0 Å². The topological polar surface area (TPSA) is 64.6 Å². The van der Waals surface area contributed by atoms with Crippen LogP contribution in [0.5, 0.6) is 0 Å². The zero-order valence-electron chi connectivity index (χ0n) is 13.7. The molecule has 21 heavy (non-hydrogen) atoms. The second-order valence-corrected chi connectivity index (χ2v) is 7.24. The van der Waals surface area contributed by atoms with E-state index < -0.39 is 0 Å². The van der Waals surface area contributed by atoms with Crippen LogP contribution in [-0.2, 0) is 4.79 Å². The lowest BCUT2D eigenvalue weighted by Gasteiger charge is -2.43. The highest BCUT2D eigenvalue weighted by atomic mass is 16.3. The molecule has 3 atom stereocenters. The summed E-state index contributed by atoms with van der Waals surface area (Å²) in [6.07, 6.45) is 3.96. The molecule has 0 bridgehead atoms. The maximum atomic E-state index is 12.1. The second-order valence-electron chi connectivity index (χ2n) is 7.24. The summed E-state index contributed by atoms with van der Waals surface area (Å²) in [5, 5.41) is 15.6. The number of β-amino-alcohol motifs (C(OH)–C–C–N with tert-alkyl or cyclic N) is 1. The van der Waals surface area contributed by atoms with Gasteiger partial charge in [0, 0.05) is 25.2 Å². The molecule has 2 aliphatic rings. The van der Waals surface area contributed by atoms with Crippen molar-refractivity contribution in [2.75, 3.05) is 26.2 Å². The Morgan fingerprint density at radius 1 is 1.48 bits per heavy atom. The standard InChI is InChI=1S/C16H31N3O2/c1-4-12-6-5-7-19(10-12)16(2,3)11-18-15(21)14-8-13(20)9-17-14/h12-14,17,20H,4-11H2,1-3H3,(H,18,21). The van der Waals surface area contributed by atoms with Gasteiger partial charge in [0.25, 0.3) is 0 Å². The first-order valence-corrected chi connectivity index (χ1v) is 8.36. The van der Waals surface area contributed by atoms with Crippen molar-refractivity contribution in [1.82, 2.24) is 15.5 Å². The number of carbonyl (C=O) groups excluding carboxylic acids is 1. The predicted octanol–water partition coefficient (Wildman–Crippen LogP) is 0.726. The average Bonchev–Trinajstić information content (AvgIpc) is 2.91. The molecule has 3 N–H and O–H groups in total. The van der Waals surface area contributed by atoms with Crippen molar-refractivity contribution in [3.63, 3.8) is 0 Å². The highest BCUT2D eigenvalue weighted by Gasteiger charge is 2.33. The number of rotatable bonds is 5. The lowest BCUT2D eigenvalue weighted by atomic mass is 9.91. The molecule has 2 fully saturated rings. The Balaban J connectivity index is 1.81. The summed E-state index contributed by atoms with van der Waals surface area (Å²) < 4.78 is 0. The normalized spacial score (nSPS) is 31.3. The molecule has 0 spiro atoms. The molecule has 0 saturated carbocycles. The Hall–Kier alpha value is -0.650. The van der Waals surface area contributed by atoms with Gasteiger partial charge in [-0.15, -0.1) is 0 Å². The highest BCUT2D eigenvalue weighted by molar-refractivity contribution is 5.82. The first-order chi connectivity index (χ1) is 9.92. The quantitative estimate of drug-likeness (QED) is 0.700. The summed E-state index contributed by atoms with van der Waals surface area (Å²) in [5.74, 6) is 0.809. The van der Waals surface area contributed by atoms with Crippen LogP contribution in [0.15, 0.2) is 0 Å². The average molecular weight is 297 g/mol. The number of amides is 1. The summed E-state index contributed by atoms with van der Waals surface area (Å²) in [6.45, 7) is 10.1. The van der Waals surface area contributed by atoms with Crippen LogP contribution in [0.3, 0.4) is 0 Å². The third kappa shape index (κ3) is 4.41. The van der Waals surface area contributed by atoms with E-state index in [1.165, 1.54) is 19.3 Å². The molecule has 2 heterocycles. The number of aliphatic hydroxyl groups excluding tert-OH is 1. The van der Waals surface area contributed by atoms with E-state index in [1.807, 2.05) is 0 Å². The predicted molar refractivity (Wildman–Crippen MR) is 84.1 cm³/mol. The highest BCUT2D eigenvalue weighted by Crippen LogP contribution is 2.25. The number of nitrogens with one attached hydrogen (secondary N) is 2. The van der Waals surface area contributed by atoms with Gasteiger partial charge in [-0.2, -0.15) is 0 Å². The van der Waals surface area contributed by atoms with E-state index >= 15 is 0 Å². The number of hydrogen-bond donors (Lipinski definition) is 3. The van der Waals surface area contributed by atoms with Crippen molar-refractivity contribution in [1.29, 1.82) is 0 Å². The second kappa shape index (κ2) is 7.07. The fraction of sp³-hybridized carbons (Fsp3) is 0.938. The van der Waals surface area contributed by atoms with Gasteiger partial charge in [0.15, 0.2) is 0 Å². The smallest absolute Gasteiger partial charge is 0.237 e. The van der Waals surface area contributed by atoms with Crippen LogP contribution in [0.1, 0.15) is 46.5 Å². The van der Waals surface area contributed by atoms with Crippen molar-refractivity contribution < 1.29 is 9.90 Å². The van der Waals surface area contributed by atoms with Gasteiger partial charge in [-0.1, -0.05) is 13.3 Å². The number of hydrogen-bond acceptors (Lipinski definition) is 4. The minimum Gasteiger partial charge on any atom is -0.392 e. The Morgan fingerprint density at radius 2 is 2.24 bits per heavy atom. The van der Waals surface area contributed by atoms with E-state index in [4.69, 9.17) is 0 Å². The third-order valence-corrected chi connectivity index (χ3v) is 5.07. The number of nitrogens with zero attached hydrogens (tertiary/aromatic N) is 1. The van der Waals surface area contributed by atoms with Crippen molar-refractivity contribution in [2.45, 2.75) is 64.1 Å². The summed E-state index contributed by atoms with van der Waals surface area (Å²) in [7, 11) is 0. The van der Waals surface area contributed by atoms with Crippen LogP contribution in [0, 0.1) is 5.92 Å². The minimum atomic E-state index is -0.388. The van der Waals surface area contributed by atoms with Gasteiger partial charge >= 0.3 is 0 Å². The van der Waals surface area contributed by atoms with E-state index in [0.29, 0.717) is 19.5 Å². The maximum absolute atomic E-state index is 12.1. The molecular formula is C16H31N3O2. The molecule has 2 aliphatic heterocycles. The van der Waals surface area contributed by atoms with Crippen LogP contribution in [-0.4, -0.2) is 59.8 Å². The fourth-order valence-corrected chi connectivity index (χ4v) is 3.40. The first kappa shape index (κ1) is 16.7. The van der Waals surface area contributed by atoms with Crippen LogP contribution < -0.4 is 10.6 Å². The van der Waals surface area contributed by atoms with Gasteiger partial charge in [0.1, 0.15) is 0 Å². The van der Waals surface area contributed by atoms with Gasteiger partial charge in [-0.3, -0.25) is 9.69 Å². The molecule has 5 heteroatoms. The van der Waals surface area contributed by atoms with E-state index in [9.17, 15) is 9.90 Å². The third-order valence-electron chi connectivity index (χ3n) is 5.07. The summed E-state index contributed by atoms with van der Waals surface area (Å²) in [5.41, 5.74) is -0.0132. The van der Waals surface area contributed by atoms with E-state index in [0.717, 1.165) is 19.0 Å². The largest absolute Gasteiger partial charge is 0.392 e. The Kier molecular flexibility index (Phi) is 5.63. The van der Waals surface area contributed by atoms with E-state index in [-0.39, 0.29) is 23.6 Å². The summed E-state index contributed by atoms with van der Waals surface area (Å²) in [6, 6.07) is -0.236. The summed E-state index contributed by atoms with van der Waals surface area (Å²) in [4.78, 5) is 14.7. The molecule has 0 aromatic carbocycles. The Bertz CT molecular complexity index is 359. The van der Waals surface area contributed by atoms with Crippen molar-refractivity contribution in [2.24, 2.45) is 5.92 Å². The van der Waals surface area contributed by atoms with Gasteiger partial charge in [0.2, 0.25) is 5.91 Å². The summed E-state index contributed by atoms with van der Waals surface area (Å²) >= 11 is 0. The molecule has 0 radical (unpaired) electrons. The van der Waals surface area contributed by atoms with Gasteiger partial charge < -0.3 is 15.7 Å². The lowest BCUT2D eigenvalue weighted by molar-refractivity contribution is -0.123. The first-order valence-electron chi connectivity index (χ1n) is 8.36. The lowest BCUT2D eigenvalue weighted by Crippen LogP contribution is -2.56. The number of piperidine rings is 1. The zero-order chi connectivity index (χ0) is 15.5. The minimum absolute atomic E-state index is 0.0132. The molecule has 122 valence electrons. The van der Waals surface area contributed by atoms with Crippen LogP contribution in [0.2, 0.25) is 0 Å². The molecule has 0 aliphatic carbocycles. The molecule has 3 unspecified atom stereocenters. The zero-order valence-corrected chi connectivity index (χ0v) is 13.7.